The number of aryl methyl sites for hydroxylation is 3. The van der Waals surface area contributed by atoms with Gasteiger partial charge in [0.05, 0.1) is 30.4 Å². The van der Waals surface area contributed by atoms with Crippen molar-refractivity contribution in [2.24, 2.45) is 0 Å². The lowest BCUT2D eigenvalue weighted by Gasteiger charge is -2.17. The summed E-state index contributed by atoms with van der Waals surface area (Å²) in [6.07, 6.45) is 3.39. The molecule has 4 aromatic rings. The van der Waals surface area contributed by atoms with Crippen molar-refractivity contribution < 1.29 is 13.9 Å². The molecule has 6 heteroatoms. The van der Waals surface area contributed by atoms with E-state index in [1.165, 1.54) is 17.4 Å². The normalized spacial score (nSPS) is 11.1. The SMILES string of the molecule is Cc1ccc(OCCCCn2c(CN(C)C(=O)c3ccco3)nc3ccccc32)cc1C. The Hall–Kier alpha value is -3.54. The fourth-order valence-corrected chi connectivity index (χ4v) is 3.73. The summed E-state index contributed by atoms with van der Waals surface area (Å²) in [6.45, 7) is 6.09. The second-order valence-electron chi connectivity index (χ2n) is 8.11. The fourth-order valence-electron chi connectivity index (χ4n) is 3.73. The minimum absolute atomic E-state index is 0.157. The molecule has 166 valence electrons. The lowest BCUT2D eigenvalue weighted by molar-refractivity contribution is 0.0748. The van der Waals surface area contributed by atoms with Gasteiger partial charge in [0.1, 0.15) is 11.6 Å². The second kappa shape index (κ2) is 9.73. The number of aromatic nitrogens is 2. The van der Waals surface area contributed by atoms with E-state index in [0.717, 1.165) is 42.0 Å². The maximum Gasteiger partial charge on any atom is 0.289 e. The Labute approximate surface area is 188 Å². The monoisotopic (exact) mass is 431 g/mol. The van der Waals surface area contributed by atoms with Gasteiger partial charge < -0.3 is 18.6 Å². The van der Waals surface area contributed by atoms with Crippen molar-refractivity contribution in [1.82, 2.24) is 14.5 Å². The molecule has 1 amide bonds. The van der Waals surface area contributed by atoms with Gasteiger partial charge in [0, 0.05) is 13.6 Å². The molecule has 0 unspecified atom stereocenters. The first-order chi connectivity index (χ1) is 15.5. The van der Waals surface area contributed by atoms with Gasteiger partial charge in [-0.1, -0.05) is 18.2 Å². The van der Waals surface area contributed by atoms with Gasteiger partial charge in [-0.15, -0.1) is 0 Å². The van der Waals surface area contributed by atoms with Gasteiger partial charge in [0.15, 0.2) is 5.76 Å². The first-order valence-electron chi connectivity index (χ1n) is 11.0. The standard InChI is InChI=1S/C26H29N3O3/c1-19-12-13-21(17-20(19)2)31-15-7-6-14-29-23-10-5-4-9-22(23)27-25(29)18-28(3)26(30)24-11-8-16-32-24/h4-5,8-13,16-17H,6-7,14-15,18H2,1-3H3. The highest BCUT2D eigenvalue weighted by Gasteiger charge is 2.18. The number of hydrogen-bond acceptors (Lipinski definition) is 4. The summed E-state index contributed by atoms with van der Waals surface area (Å²) in [5.74, 6) is 1.96. The summed E-state index contributed by atoms with van der Waals surface area (Å²) < 4.78 is 13.4. The van der Waals surface area contributed by atoms with Gasteiger partial charge in [0.25, 0.3) is 5.91 Å². The quantitative estimate of drug-likeness (QED) is 0.334. The van der Waals surface area contributed by atoms with Crippen LogP contribution in [0.25, 0.3) is 11.0 Å². The number of nitrogens with zero attached hydrogens (tertiary/aromatic N) is 3. The number of fused-ring (bicyclic) bond motifs is 1. The van der Waals surface area contributed by atoms with Crippen LogP contribution in [0.3, 0.4) is 0 Å². The summed E-state index contributed by atoms with van der Waals surface area (Å²) >= 11 is 0. The molecule has 0 aliphatic rings. The van der Waals surface area contributed by atoms with Gasteiger partial charge in [-0.2, -0.15) is 0 Å². The molecule has 0 spiro atoms. The molecule has 0 aliphatic heterocycles. The number of unbranched alkanes of at least 4 members (excludes halogenated alkanes) is 1. The molecule has 0 bridgehead atoms. The van der Waals surface area contributed by atoms with Gasteiger partial charge >= 0.3 is 0 Å². The number of furan rings is 1. The molecule has 2 aromatic heterocycles. The van der Waals surface area contributed by atoms with Crippen molar-refractivity contribution in [3.63, 3.8) is 0 Å². The molecule has 0 saturated carbocycles. The van der Waals surface area contributed by atoms with Crippen molar-refractivity contribution in [2.45, 2.75) is 39.8 Å². The van der Waals surface area contributed by atoms with E-state index in [1.807, 2.05) is 24.3 Å². The Kier molecular flexibility index (Phi) is 6.59. The molecule has 0 saturated heterocycles. The highest BCUT2D eigenvalue weighted by molar-refractivity contribution is 5.91. The van der Waals surface area contributed by atoms with Crippen LogP contribution in [0, 0.1) is 13.8 Å². The van der Waals surface area contributed by atoms with Crippen LogP contribution in [0.15, 0.2) is 65.3 Å². The average molecular weight is 432 g/mol. The van der Waals surface area contributed by atoms with Crippen molar-refractivity contribution in [1.29, 1.82) is 0 Å². The highest BCUT2D eigenvalue weighted by Crippen LogP contribution is 2.20. The van der Waals surface area contributed by atoms with Crippen molar-refractivity contribution in [3.8, 4) is 5.75 Å². The largest absolute Gasteiger partial charge is 0.494 e. The molecule has 2 aromatic carbocycles. The van der Waals surface area contributed by atoms with Crippen LogP contribution >= 0.6 is 0 Å². The maximum atomic E-state index is 12.6. The van der Waals surface area contributed by atoms with Gasteiger partial charge in [-0.05, 0) is 74.2 Å². The third-order valence-electron chi connectivity index (χ3n) is 5.71. The molecule has 6 nitrogen and oxygen atoms in total. The van der Waals surface area contributed by atoms with Crippen LogP contribution in [0.2, 0.25) is 0 Å². The molecule has 32 heavy (non-hydrogen) atoms. The van der Waals surface area contributed by atoms with E-state index in [-0.39, 0.29) is 5.91 Å². The van der Waals surface area contributed by atoms with Crippen LogP contribution in [0.1, 0.15) is 40.3 Å². The van der Waals surface area contributed by atoms with E-state index < -0.39 is 0 Å². The lowest BCUT2D eigenvalue weighted by atomic mass is 10.1. The summed E-state index contributed by atoms with van der Waals surface area (Å²) in [6, 6.07) is 17.7. The molecule has 0 fully saturated rings. The zero-order valence-corrected chi connectivity index (χ0v) is 18.9. The van der Waals surface area contributed by atoms with Crippen molar-refractivity contribution in [3.05, 3.63) is 83.6 Å². The van der Waals surface area contributed by atoms with Gasteiger partial charge in [-0.3, -0.25) is 4.79 Å². The third kappa shape index (κ3) is 4.85. The molecule has 0 N–H and O–H groups in total. The zero-order valence-electron chi connectivity index (χ0n) is 18.9. The first-order valence-corrected chi connectivity index (χ1v) is 11.0. The smallest absolute Gasteiger partial charge is 0.289 e. The number of carbonyl (C=O) groups excluding carboxylic acids is 1. The summed E-state index contributed by atoms with van der Waals surface area (Å²) in [5.41, 5.74) is 4.53. The molecule has 0 atom stereocenters. The number of rotatable bonds is 9. The third-order valence-corrected chi connectivity index (χ3v) is 5.71. The summed E-state index contributed by atoms with van der Waals surface area (Å²) in [7, 11) is 1.77. The number of carbonyl (C=O) groups is 1. The predicted octanol–water partition coefficient (Wildman–Crippen LogP) is 5.38. The minimum Gasteiger partial charge on any atom is -0.494 e. The minimum atomic E-state index is -0.157. The molecule has 2 heterocycles. The van der Waals surface area contributed by atoms with E-state index in [2.05, 4.69) is 36.6 Å². The van der Waals surface area contributed by atoms with Crippen LogP contribution in [-0.4, -0.2) is 34.0 Å². The van der Waals surface area contributed by atoms with E-state index in [0.29, 0.717) is 18.9 Å². The summed E-state index contributed by atoms with van der Waals surface area (Å²) in [5, 5.41) is 0. The summed E-state index contributed by atoms with van der Waals surface area (Å²) in [4.78, 5) is 19.0. The van der Waals surface area contributed by atoms with Crippen molar-refractivity contribution >= 4 is 16.9 Å². The zero-order chi connectivity index (χ0) is 22.5. The van der Waals surface area contributed by atoms with Crippen LogP contribution in [0.5, 0.6) is 5.75 Å². The van der Waals surface area contributed by atoms with Gasteiger partial charge in [0.2, 0.25) is 0 Å². The molecule has 0 radical (unpaired) electrons. The Morgan fingerprint density at radius 2 is 1.91 bits per heavy atom. The predicted molar refractivity (Wildman–Crippen MR) is 125 cm³/mol. The molecule has 0 aliphatic carbocycles. The number of ether oxygens (including phenoxy) is 1. The highest BCUT2D eigenvalue weighted by atomic mass is 16.5. The van der Waals surface area contributed by atoms with Crippen molar-refractivity contribution in [2.75, 3.05) is 13.7 Å². The number of imidazole rings is 1. The Morgan fingerprint density at radius 3 is 2.69 bits per heavy atom. The number of hydrogen-bond donors (Lipinski definition) is 0. The van der Waals surface area contributed by atoms with Crippen LogP contribution in [0.4, 0.5) is 0 Å². The fraction of sp³-hybridized carbons (Fsp3) is 0.308. The maximum absolute atomic E-state index is 12.6. The van der Waals surface area contributed by atoms with Crippen LogP contribution in [-0.2, 0) is 13.1 Å². The van der Waals surface area contributed by atoms with E-state index >= 15 is 0 Å². The number of amides is 1. The average Bonchev–Trinajstić information content (AvgIpc) is 3.44. The van der Waals surface area contributed by atoms with Gasteiger partial charge in [-0.25, -0.2) is 4.98 Å². The Bertz CT molecular complexity index is 1190. The lowest BCUT2D eigenvalue weighted by Crippen LogP contribution is -2.27. The van der Waals surface area contributed by atoms with E-state index in [1.54, 1.807) is 24.1 Å². The molecular weight excluding hydrogens is 402 g/mol. The second-order valence-corrected chi connectivity index (χ2v) is 8.11. The van der Waals surface area contributed by atoms with E-state index in [4.69, 9.17) is 14.1 Å². The van der Waals surface area contributed by atoms with Crippen LogP contribution < -0.4 is 4.74 Å². The van der Waals surface area contributed by atoms with E-state index in [9.17, 15) is 4.79 Å². The number of para-hydroxylation sites is 2. The Balaban J connectivity index is 1.40. The topological polar surface area (TPSA) is 60.5 Å². The Morgan fingerprint density at radius 1 is 1.06 bits per heavy atom. The first kappa shape index (κ1) is 21.7. The number of benzene rings is 2. The molecular formula is C26H29N3O3. The molecule has 4 rings (SSSR count).